The fraction of sp³-hybridized carbons (Fsp3) is 0.929. The molecule has 0 radical (unpaired) electrons. The fourth-order valence-corrected chi connectivity index (χ4v) is 2.20. The second kappa shape index (κ2) is 10.4. The first-order valence-electron chi connectivity index (χ1n) is 7.33. The standard InChI is InChI=1S/C14H28N2O3.ClH/c1-3-7-14(2,15)13(17)16-8-5-9-18-11-12-6-4-10-19-12;/h12H,3-11,15H2,1-2H3,(H,16,17);1H. The van der Waals surface area contributed by atoms with E-state index in [1.807, 2.05) is 6.92 Å². The van der Waals surface area contributed by atoms with Gasteiger partial charge in [0.05, 0.1) is 18.2 Å². The Kier molecular flexibility index (Phi) is 10.2. The van der Waals surface area contributed by atoms with Crippen LogP contribution in [0.15, 0.2) is 0 Å². The summed E-state index contributed by atoms with van der Waals surface area (Å²) >= 11 is 0. The molecule has 1 aliphatic rings. The van der Waals surface area contributed by atoms with E-state index in [1.165, 1.54) is 0 Å². The van der Waals surface area contributed by atoms with E-state index in [9.17, 15) is 4.79 Å². The van der Waals surface area contributed by atoms with Crippen LogP contribution in [0.25, 0.3) is 0 Å². The second-order valence-corrected chi connectivity index (χ2v) is 5.49. The first-order valence-corrected chi connectivity index (χ1v) is 7.33. The number of hydrogen-bond acceptors (Lipinski definition) is 4. The van der Waals surface area contributed by atoms with Crippen LogP contribution in [0, 0.1) is 0 Å². The van der Waals surface area contributed by atoms with E-state index in [4.69, 9.17) is 15.2 Å². The molecule has 1 rings (SSSR count). The molecule has 20 heavy (non-hydrogen) atoms. The second-order valence-electron chi connectivity index (χ2n) is 5.49. The quantitative estimate of drug-likeness (QED) is 0.635. The zero-order valence-corrected chi connectivity index (χ0v) is 13.5. The number of nitrogens with two attached hydrogens (primary N) is 1. The number of halogens is 1. The maximum atomic E-state index is 11.8. The number of rotatable bonds is 9. The molecule has 0 bridgehead atoms. The number of nitrogens with one attached hydrogen (secondary N) is 1. The van der Waals surface area contributed by atoms with Gasteiger partial charge < -0.3 is 20.5 Å². The summed E-state index contributed by atoms with van der Waals surface area (Å²) in [6.07, 6.45) is 4.92. The van der Waals surface area contributed by atoms with Crippen molar-refractivity contribution in [1.29, 1.82) is 0 Å². The molecule has 2 unspecified atom stereocenters. The molecule has 1 aliphatic heterocycles. The first kappa shape index (κ1) is 19.6. The molecule has 1 saturated heterocycles. The van der Waals surface area contributed by atoms with Crippen LogP contribution in [0.4, 0.5) is 0 Å². The van der Waals surface area contributed by atoms with Crippen LogP contribution in [0.5, 0.6) is 0 Å². The van der Waals surface area contributed by atoms with Gasteiger partial charge in [0.2, 0.25) is 5.91 Å². The minimum atomic E-state index is -0.757. The molecule has 0 spiro atoms. The summed E-state index contributed by atoms with van der Waals surface area (Å²) in [4.78, 5) is 11.8. The van der Waals surface area contributed by atoms with Gasteiger partial charge in [-0.2, -0.15) is 0 Å². The Morgan fingerprint density at radius 2 is 2.30 bits per heavy atom. The van der Waals surface area contributed by atoms with E-state index in [2.05, 4.69) is 5.32 Å². The number of carbonyl (C=O) groups is 1. The first-order chi connectivity index (χ1) is 9.06. The van der Waals surface area contributed by atoms with Crippen LogP contribution in [0.3, 0.4) is 0 Å². The number of ether oxygens (including phenoxy) is 2. The summed E-state index contributed by atoms with van der Waals surface area (Å²) in [5, 5.41) is 2.86. The van der Waals surface area contributed by atoms with Crippen molar-refractivity contribution in [3.63, 3.8) is 0 Å². The Hall–Kier alpha value is -0.360. The third kappa shape index (κ3) is 7.43. The van der Waals surface area contributed by atoms with Crippen molar-refractivity contribution in [2.75, 3.05) is 26.4 Å². The van der Waals surface area contributed by atoms with E-state index in [0.29, 0.717) is 26.2 Å². The Morgan fingerprint density at radius 3 is 2.90 bits per heavy atom. The molecule has 120 valence electrons. The normalized spacial score (nSPS) is 21.1. The highest BCUT2D eigenvalue weighted by Crippen LogP contribution is 2.12. The SMILES string of the molecule is CCCC(C)(N)C(=O)NCCCOCC1CCCO1.Cl. The number of amides is 1. The fourth-order valence-electron chi connectivity index (χ4n) is 2.20. The average Bonchev–Trinajstić information content (AvgIpc) is 2.86. The average molecular weight is 309 g/mol. The van der Waals surface area contributed by atoms with Gasteiger partial charge in [-0.3, -0.25) is 4.79 Å². The van der Waals surface area contributed by atoms with Gasteiger partial charge in [0.25, 0.3) is 0 Å². The minimum Gasteiger partial charge on any atom is -0.379 e. The third-order valence-corrected chi connectivity index (χ3v) is 3.37. The minimum absolute atomic E-state index is 0. The Labute approximate surface area is 128 Å². The van der Waals surface area contributed by atoms with Crippen molar-refractivity contribution in [3.8, 4) is 0 Å². The predicted octanol–water partition coefficient (Wildman–Crippen LogP) is 1.63. The van der Waals surface area contributed by atoms with Gasteiger partial charge in [0, 0.05) is 19.8 Å². The highest BCUT2D eigenvalue weighted by Gasteiger charge is 2.26. The van der Waals surface area contributed by atoms with Crippen molar-refractivity contribution in [2.24, 2.45) is 5.73 Å². The van der Waals surface area contributed by atoms with Crippen LogP contribution >= 0.6 is 12.4 Å². The van der Waals surface area contributed by atoms with E-state index in [-0.39, 0.29) is 24.4 Å². The Balaban J connectivity index is 0.00000361. The van der Waals surface area contributed by atoms with Crippen molar-refractivity contribution in [3.05, 3.63) is 0 Å². The lowest BCUT2D eigenvalue weighted by atomic mass is 9.96. The highest BCUT2D eigenvalue weighted by atomic mass is 35.5. The van der Waals surface area contributed by atoms with Crippen LogP contribution < -0.4 is 11.1 Å². The highest BCUT2D eigenvalue weighted by molar-refractivity contribution is 5.85. The molecule has 3 N–H and O–H groups in total. The Morgan fingerprint density at radius 1 is 1.55 bits per heavy atom. The molecule has 0 aromatic heterocycles. The van der Waals surface area contributed by atoms with Gasteiger partial charge >= 0.3 is 0 Å². The summed E-state index contributed by atoms with van der Waals surface area (Å²) in [5.74, 6) is -0.0755. The molecule has 0 aliphatic carbocycles. The van der Waals surface area contributed by atoms with Crippen LogP contribution in [-0.2, 0) is 14.3 Å². The zero-order chi connectivity index (χ0) is 14.1. The van der Waals surface area contributed by atoms with Crippen LogP contribution in [-0.4, -0.2) is 43.9 Å². The molecule has 6 heteroatoms. The van der Waals surface area contributed by atoms with Crippen molar-refractivity contribution < 1.29 is 14.3 Å². The maximum absolute atomic E-state index is 11.8. The summed E-state index contributed by atoms with van der Waals surface area (Å²) in [6, 6.07) is 0. The molecule has 1 heterocycles. The molecular weight excluding hydrogens is 280 g/mol. The summed E-state index contributed by atoms with van der Waals surface area (Å²) in [7, 11) is 0. The topological polar surface area (TPSA) is 73.6 Å². The lowest BCUT2D eigenvalue weighted by molar-refractivity contribution is -0.126. The smallest absolute Gasteiger partial charge is 0.239 e. The van der Waals surface area contributed by atoms with Gasteiger partial charge in [0.1, 0.15) is 0 Å². The van der Waals surface area contributed by atoms with Crippen LogP contribution in [0.1, 0.15) is 46.0 Å². The van der Waals surface area contributed by atoms with E-state index in [1.54, 1.807) is 6.92 Å². The van der Waals surface area contributed by atoms with E-state index in [0.717, 1.165) is 32.3 Å². The van der Waals surface area contributed by atoms with Crippen LogP contribution in [0.2, 0.25) is 0 Å². The number of hydrogen-bond donors (Lipinski definition) is 2. The van der Waals surface area contributed by atoms with Gasteiger partial charge in [-0.15, -0.1) is 12.4 Å². The molecular formula is C14H29ClN2O3. The van der Waals surface area contributed by atoms with E-state index < -0.39 is 5.54 Å². The lowest BCUT2D eigenvalue weighted by Crippen LogP contribution is -2.51. The molecule has 5 nitrogen and oxygen atoms in total. The summed E-state index contributed by atoms with van der Waals surface area (Å²) in [5.41, 5.74) is 5.18. The molecule has 1 fully saturated rings. The largest absolute Gasteiger partial charge is 0.379 e. The molecule has 0 aromatic rings. The predicted molar refractivity (Wildman–Crippen MR) is 82.2 cm³/mol. The molecule has 0 aromatic carbocycles. The lowest BCUT2D eigenvalue weighted by Gasteiger charge is -2.22. The monoisotopic (exact) mass is 308 g/mol. The van der Waals surface area contributed by atoms with Gasteiger partial charge in [-0.05, 0) is 32.6 Å². The van der Waals surface area contributed by atoms with E-state index >= 15 is 0 Å². The Bertz CT molecular complexity index is 269. The zero-order valence-electron chi connectivity index (χ0n) is 12.7. The third-order valence-electron chi connectivity index (χ3n) is 3.37. The molecule has 0 saturated carbocycles. The van der Waals surface area contributed by atoms with Crippen molar-refractivity contribution in [2.45, 2.75) is 57.6 Å². The van der Waals surface area contributed by atoms with Gasteiger partial charge in [0.15, 0.2) is 0 Å². The molecule has 1 amide bonds. The summed E-state index contributed by atoms with van der Waals surface area (Å²) in [6.45, 7) is 6.59. The van der Waals surface area contributed by atoms with Gasteiger partial charge in [-0.1, -0.05) is 13.3 Å². The van der Waals surface area contributed by atoms with Crippen molar-refractivity contribution >= 4 is 18.3 Å². The maximum Gasteiger partial charge on any atom is 0.239 e. The van der Waals surface area contributed by atoms with Gasteiger partial charge in [-0.25, -0.2) is 0 Å². The molecule has 2 atom stereocenters. The summed E-state index contributed by atoms with van der Waals surface area (Å²) < 4.78 is 11.0. The number of carbonyl (C=O) groups excluding carboxylic acids is 1. The van der Waals surface area contributed by atoms with Crippen molar-refractivity contribution in [1.82, 2.24) is 5.32 Å².